The smallest absolute Gasteiger partial charge is 0.248 e. The van der Waals surface area contributed by atoms with E-state index in [4.69, 9.17) is 5.73 Å². The Balaban J connectivity index is 2.82. The summed E-state index contributed by atoms with van der Waals surface area (Å²) in [5.41, 5.74) is 6.07. The number of rotatable bonds is 1. The van der Waals surface area contributed by atoms with Gasteiger partial charge in [0, 0.05) is 12.6 Å². The largest absolute Gasteiger partial charge is 0.507 e. The third-order valence-electron chi connectivity index (χ3n) is 2.13. The van der Waals surface area contributed by atoms with Gasteiger partial charge in [-0.2, -0.15) is 5.10 Å². The van der Waals surface area contributed by atoms with Gasteiger partial charge < -0.3 is 10.8 Å². The van der Waals surface area contributed by atoms with Gasteiger partial charge in [-0.1, -0.05) is 0 Å². The molecule has 5 nitrogen and oxygen atoms in total. The van der Waals surface area contributed by atoms with Gasteiger partial charge in [-0.3, -0.25) is 9.48 Å². The fourth-order valence-electron chi connectivity index (χ4n) is 1.37. The Morgan fingerprint density at radius 3 is 2.93 bits per heavy atom. The van der Waals surface area contributed by atoms with Crippen molar-refractivity contribution in [1.29, 1.82) is 0 Å². The molecule has 3 N–H and O–H groups in total. The van der Waals surface area contributed by atoms with Crippen molar-refractivity contribution in [2.24, 2.45) is 12.8 Å². The number of hydrogen-bond donors (Lipinski definition) is 2. The second kappa shape index (κ2) is 2.73. The van der Waals surface area contributed by atoms with Crippen molar-refractivity contribution in [1.82, 2.24) is 9.78 Å². The Labute approximate surface area is 79.7 Å². The minimum absolute atomic E-state index is 0.0180. The van der Waals surface area contributed by atoms with Crippen molar-refractivity contribution in [2.45, 2.75) is 0 Å². The highest BCUT2D eigenvalue weighted by Crippen LogP contribution is 2.25. The summed E-state index contributed by atoms with van der Waals surface area (Å²) in [4.78, 5) is 10.9. The first-order valence-corrected chi connectivity index (χ1v) is 4.04. The van der Waals surface area contributed by atoms with E-state index in [1.807, 2.05) is 0 Å². The van der Waals surface area contributed by atoms with Crippen molar-refractivity contribution in [2.75, 3.05) is 0 Å². The molecule has 2 rings (SSSR count). The Morgan fingerprint density at radius 1 is 1.57 bits per heavy atom. The molecule has 1 amide bonds. The number of amides is 1. The van der Waals surface area contributed by atoms with Crippen molar-refractivity contribution < 1.29 is 9.90 Å². The molecule has 5 heteroatoms. The second-order valence-corrected chi connectivity index (χ2v) is 3.06. The van der Waals surface area contributed by atoms with Crippen molar-refractivity contribution >= 4 is 16.8 Å². The maximum absolute atomic E-state index is 10.9. The first-order valence-electron chi connectivity index (χ1n) is 4.04. The number of benzene rings is 1. The van der Waals surface area contributed by atoms with Crippen molar-refractivity contribution in [3.63, 3.8) is 0 Å². The number of aromatic hydroxyl groups is 1. The lowest BCUT2D eigenvalue weighted by Crippen LogP contribution is -2.10. The molecule has 0 aliphatic rings. The van der Waals surface area contributed by atoms with Gasteiger partial charge in [-0.15, -0.1) is 0 Å². The van der Waals surface area contributed by atoms with E-state index in [2.05, 4.69) is 5.10 Å². The average Bonchev–Trinajstić information content (AvgIpc) is 2.48. The molecular weight excluding hydrogens is 182 g/mol. The molecule has 0 unspecified atom stereocenters. The average molecular weight is 191 g/mol. The zero-order valence-corrected chi connectivity index (χ0v) is 7.56. The molecule has 14 heavy (non-hydrogen) atoms. The number of fused-ring (bicyclic) bond motifs is 1. The molecule has 0 aliphatic heterocycles. The summed E-state index contributed by atoms with van der Waals surface area (Å²) in [6.45, 7) is 0. The van der Waals surface area contributed by atoms with Gasteiger partial charge in [0.25, 0.3) is 0 Å². The third kappa shape index (κ3) is 1.10. The van der Waals surface area contributed by atoms with E-state index in [1.54, 1.807) is 17.8 Å². The SMILES string of the molecule is Cn1ncc2c(O)cc(C(N)=O)cc21. The number of hydrogen-bond acceptors (Lipinski definition) is 3. The van der Waals surface area contributed by atoms with Crippen LogP contribution in [-0.4, -0.2) is 20.8 Å². The summed E-state index contributed by atoms with van der Waals surface area (Å²) in [6, 6.07) is 2.94. The predicted octanol–water partition coefficient (Wildman–Crippen LogP) is 0.378. The van der Waals surface area contributed by atoms with E-state index in [0.29, 0.717) is 10.9 Å². The zero-order valence-electron chi connectivity index (χ0n) is 7.56. The van der Waals surface area contributed by atoms with E-state index in [9.17, 15) is 9.90 Å². The van der Waals surface area contributed by atoms with Crippen LogP contribution < -0.4 is 5.73 Å². The van der Waals surface area contributed by atoms with E-state index >= 15 is 0 Å². The summed E-state index contributed by atoms with van der Waals surface area (Å²) in [5, 5.41) is 14.1. The van der Waals surface area contributed by atoms with Gasteiger partial charge in [-0.25, -0.2) is 0 Å². The molecular formula is C9H9N3O2. The molecule has 72 valence electrons. The van der Waals surface area contributed by atoms with Crippen LogP contribution in [0.3, 0.4) is 0 Å². The molecule has 0 bridgehead atoms. The van der Waals surface area contributed by atoms with Crippen LogP contribution in [-0.2, 0) is 7.05 Å². The fourth-order valence-corrected chi connectivity index (χ4v) is 1.37. The number of carbonyl (C=O) groups is 1. The number of phenolic OH excluding ortho intramolecular Hbond substituents is 1. The summed E-state index contributed by atoms with van der Waals surface area (Å²) in [6.07, 6.45) is 1.54. The number of nitrogens with zero attached hydrogens (tertiary/aromatic N) is 2. The summed E-state index contributed by atoms with van der Waals surface area (Å²) < 4.78 is 1.57. The molecule has 2 aromatic rings. The van der Waals surface area contributed by atoms with Crippen LogP contribution in [0.1, 0.15) is 10.4 Å². The highest BCUT2D eigenvalue weighted by Gasteiger charge is 2.09. The Morgan fingerprint density at radius 2 is 2.29 bits per heavy atom. The normalized spacial score (nSPS) is 10.6. The van der Waals surface area contributed by atoms with Crippen LogP contribution in [0.25, 0.3) is 10.9 Å². The molecule has 1 aromatic carbocycles. The molecule has 0 atom stereocenters. The molecule has 0 spiro atoms. The first-order chi connectivity index (χ1) is 6.59. The van der Waals surface area contributed by atoms with E-state index < -0.39 is 5.91 Å². The predicted molar refractivity (Wildman–Crippen MR) is 50.9 cm³/mol. The fraction of sp³-hybridized carbons (Fsp3) is 0.111. The number of nitrogens with two attached hydrogens (primary N) is 1. The van der Waals surface area contributed by atoms with E-state index in [-0.39, 0.29) is 11.3 Å². The monoisotopic (exact) mass is 191 g/mol. The number of primary amides is 1. The molecule has 0 aliphatic carbocycles. The van der Waals surface area contributed by atoms with Gasteiger partial charge in [-0.05, 0) is 12.1 Å². The van der Waals surface area contributed by atoms with Crippen LogP contribution in [0.15, 0.2) is 18.3 Å². The number of aryl methyl sites for hydroxylation is 1. The van der Waals surface area contributed by atoms with Crippen molar-refractivity contribution in [3.05, 3.63) is 23.9 Å². The minimum Gasteiger partial charge on any atom is -0.507 e. The highest BCUT2D eigenvalue weighted by molar-refractivity contribution is 5.98. The second-order valence-electron chi connectivity index (χ2n) is 3.06. The highest BCUT2D eigenvalue weighted by atomic mass is 16.3. The van der Waals surface area contributed by atoms with Gasteiger partial charge in [0.15, 0.2) is 0 Å². The topological polar surface area (TPSA) is 81.1 Å². The van der Waals surface area contributed by atoms with Crippen molar-refractivity contribution in [3.8, 4) is 5.75 Å². The number of aromatic nitrogens is 2. The minimum atomic E-state index is -0.566. The Kier molecular flexibility index (Phi) is 1.67. The van der Waals surface area contributed by atoms with Gasteiger partial charge in [0.1, 0.15) is 5.75 Å². The summed E-state index contributed by atoms with van der Waals surface area (Å²) in [7, 11) is 1.73. The number of phenols is 1. The van der Waals surface area contributed by atoms with Crippen LogP contribution in [0.2, 0.25) is 0 Å². The molecule has 0 saturated carbocycles. The third-order valence-corrected chi connectivity index (χ3v) is 2.13. The lowest BCUT2D eigenvalue weighted by Gasteiger charge is -2.00. The molecule has 1 aromatic heterocycles. The van der Waals surface area contributed by atoms with Crippen LogP contribution in [0.4, 0.5) is 0 Å². The molecule has 1 heterocycles. The van der Waals surface area contributed by atoms with Crippen LogP contribution >= 0.6 is 0 Å². The van der Waals surface area contributed by atoms with E-state index in [1.165, 1.54) is 12.3 Å². The van der Waals surface area contributed by atoms with E-state index in [0.717, 1.165) is 0 Å². The zero-order chi connectivity index (χ0) is 10.3. The van der Waals surface area contributed by atoms with Crippen LogP contribution in [0, 0.1) is 0 Å². The van der Waals surface area contributed by atoms with Gasteiger partial charge >= 0.3 is 0 Å². The lowest BCUT2D eigenvalue weighted by atomic mass is 10.1. The van der Waals surface area contributed by atoms with Gasteiger partial charge in [0.05, 0.1) is 17.1 Å². The number of carbonyl (C=O) groups excluding carboxylic acids is 1. The van der Waals surface area contributed by atoms with Crippen LogP contribution in [0.5, 0.6) is 5.75 Å². The molecule has 0 radical (unpaired) electrons. The Hall–Kier alpha value is -2.04. The van der Waals surface area contributed by atoms with Gasteiger partial charge in [0.2, 0.25) is 5.91 Å². The standard InChI is InChI=1S/C9H9N3O2/c1-12-7-2-5(9(10)14)3-8(13)6(7)4-11-12/h2-4,13H,1H3,(H2,10,14). The molecule has 0 fully saturated rings. The maximum Gasteiger partial charge on any atom is 0.248 e. The maximum atomic E-state index is 10.9. The summed E-state index contributed by atoms with van der Waals surface area (Å²) >= 11 is 0. The molecule has 0 saturated heterocycles. The lowest BCUT2D eigenvalue weighted by molar-refractivity contribution is 0.1000. The Bertz CT molecular complexity index is 516. The summed E-state index contributed by atoms with van der Waals surface area (Å²) in [5.74, 6) is -0.548. The first kappa shape index (κ1) is 8.55. The quantitative estimate of drug-likeness (QED) is 0.683.